The quantitative estimate of drug-likeness (QED) is 0.773. The van der Waals surface area contributed by atoms with Crippen molar-refractivity contribution in [3.63, 3.8) is 0 Å². The topological polar surface area (TPSA) is 60.0 Å². The lowest BCUT2D eigenvalue weighted by Gasteiger charge is -1.95. The standard InChI is InChI=1S/C11H10ClN3O2/c1-7-10(11(16-2)17-15-7)14-13-9-6-4-3-5-8(9)12/h3-6H,1-2H3. The molecule has 17 heavy (non-hydrogen) atoms. The first-order chi connectivity index (χ1) is 8.22. The van der Waals surface area contributed by atoms with E-state index >= 15 is 0 Å². The number of nitrogens with zero attached hydrogens (tertiary/aromatic N) is 3. The molecule has 2 rings (SSSR count). The predicted molar refractivity (Wildman–Crippen MR) is 63.4 cm³/mol. The van der Waals surface area contributed by atoms with Crippen molar-refractivity contribution in [2.45, 2.75) is 6.92 Å². The van der Waals surface area contributed by atoms with Gasteiger partial charge in [0.15, 0.2) is 5.69 Å². The lowest BCUT2D eigenvalue weighted by Crippen LogP contribution is -1.78. The number of hydrogen-bond donors (Lipinski definition) is 0. The summed E-state index contributed by atoms with van der Waals surface area (Å²) in [6.07, 6.45) is 0. The van der Waals surface area contributed by atoms with Gasteiger partial charge in [0.1, 0.15) is 11.4 Å². The van der Waals surface area contributed by atoms with E-state index in [2.05, 4.69) is 15.4 Å². The van der Waals surface area contributed by atoms with Crippen molar-refractivity contribution in [2.24, 2.45) is 10.2 Å². The molecule has 0 saturated carbocycles. The first kappa shape index (κ1) is 11.6. The van der Waals surface area contributed by atoms with E-state index in [1.165, 1.54) is 7.11 Å². The van der Waals surface area contributed by atoms with Crippen LogP contribution in [0.4, 0.5) is 11.4 Å². The Bertz CT molecular complexity index is 551. The van der Waals surface area contributed by atoms with Crippen LogP contribution in [0.1, 0.15) is 5.69 Å². The molecule has 1 aromatic carbocycles. The lowest BCUT2D eigenvalue weighted by molar-refractivity contribution is 0.260. The molecule has 5 nitrogen and oxygen atoms in total. The summed E-state index contributed by atoms with van der Waals surface area (Å²) in [6.45, 7) is 1.76. The number of hydrogen-bond acceptors (Lipinski definition) is 5. The Hall–Kier alpha value is -1.88. The zero-order valence-corrected chi connectivity index (χ0v) is 10.1. The summed E-state index contributed by atoms with van der Waals surface area (Å²) in [6, 6.07) is 7.17. The third-order valence-electron chi connectivity index (χ3n) is 2.10. The van der Waals surface area contributed by atoms with Gasteiger partial charge in [-0.1, -0.05) is 28.9 Å². The average molecular weight is 252 g/mol. The van der Waals surface area contributed by atoms with Crippen LogP contribution in [-0.2, 0) is 0 Å². The maximum atomic E-state index is 5.95. The fourth-order valence-corrected chi connectivity index (χ4v) is 1.40. The Kier molecular flexibility index (Phi) is 3.39. The number of halogens is 1. The largest absolute Gasteiger partial charge is 0.465 e. The SMILES string of the molecule is COc1onc(C)c1N=Nc1ccccc1Cl. The molecule has 1 heterocycles. The Morgan fingerprint density at radius 2 is 2.06 bits per heavy atom. The maximum Gasteiger partial charge on any atom is 0.339 e. The molecule has 0 fully saturated rings. The highest BCUT2D eigenvalue weighted by Crippen LogP contribution is 2.33. The van der Waals surface area contributed by atoms with Crippen molar-refractivity contribution in [2.75, 3.05) is 7.11 Å². The maximum absolute atomic E-state index is 5.95. The molecule has 0 bridgehead atoms. The van der Waals surface area contributed by atoms with Gasteiger partial charge in [-0.25, -0.2) is 0 Å². The minimum atomic E-state index is 0.235. The van der Waals surface area contributed by atoms with Crippen LogP contribution in [0.5, 0.6) is 5.95 Å². The van der Waals surface area contributed by atoms with Crippen LogP contribution in [0.15, 0.2) is 39.0 Å². The summed E-state index contributed by atoms with van der Waals surface area (Å²) < 4.78 is 9.87. The van der Waals surface area contributed by atoms with Gasteiger partial charge in [0.2, 0.25) is 0 Å². The molecule has 6 heteroatoms. The summed E-state index contributed by atoms with van der Waals surface area (Å²) in [5, 5.41) is 12.3. The first-order valence-electron chi connectivity index (χ1n) is 4.89. The van der Waals surface area contributed by atoms with Crippen LogP contribution < -0.4 is 4.74 Å². The first-order valence-corrected chi connectivity index (χ1v) is 5.26. The number of aryl methyl sites for hydroxylation is 1. The van der Waals surface area contributed by atoms with E-state index in [1.807, 2.05) is 12.1 Å². The van der Waals surface area contributed by atoms with Gasteiger partial charge in [0.05, 0.1) is 12.1 Å². The molecule has 0 amide bonds. The van der Waals surface area contributed by atoms with Crippen molar-refractivity contribution < 1.29 is 9.26 Å². The molecule has 0 aliphatic carbocycles. The van der Waals surface area contributed by atoms with E-state index < -0.39 is 0 Å². The van der Waals surface area contributed by atoms with Crippen molar-refractivity contribution in [3.05, 3.63) is 35.0 Å². The van der Waals surface area contributed by atoms with E-state index in [1.54, 1.807) is 19.1 Å². The third kappa shape index (κ3) is 2.45. The highest BCUT2D eigenvalue weighted by atomic mass is 35.5. The molecular weight excluding hydrogens is 242 g/mol. The fourth-order valence-electron chi connectivity index (χ4n) is 1.23. The highest BCUT2D eigenvalue weighted by Gasteiger charge is 2.12. The predicted octanol–water partition coefficient (Wildman–Crippen LogP) is 4.06. The molecule has 0 aliphatic rings. The van der Waals surface area contributed by atoms with Crippen molar-refractivity contribution in [3.8, 4) is 5.95 Å². The fraction of sp³-hybridized carbons (Fsp3) is 0.182. The number of aromatic nitrogens is 1. The second-order valence-corrected chi connectivity index (χ2v) is 3.67. The molecule has 0 aliphatic heterocycles. The van der Waals surface area contributed by atoms with E-state index in [-0.39, 0.29) is 5.95 Å². The molecule has 1 aromatic heterocycles. The normalized spacial score (nSPS) is 11.0. The molecule has 0 spiro atoms. The molecule has 2 aromatic rings. The van der Waals surface area contributed by atoms with Crippen molar-refractivity contribution in [1.82, 2.24) is 5.16 Å². The number of benzene rings is 1. The smallest absolute Gasteiger partial charge is 0.339 e. The van der Waals surface area contributed by atoms with E-state index in [9.17, 15) is 0 Å². The molecule has 88 valence electrons. The Morgan fingerprint density at radius 1 is 1.29 bits per heavy atom. The van der Waals surface area contributed by atoms with Crippen LogP contribution in [0.2, 0.25) is 5.02 Å². The molecule has 0 N–H and O–H groups in total. The zero-order valence-electron chi connectivity index (χ0n) is 9.35. The van der Waals surface area contributed by atoms with E-state index in [4.69, 9.17) is 20.9 Å². The van der Waals surface area contributed by atoms with Crippen LogP contribution >= 0.6 is 11.6 Å². The van der Waals surface area contributed by atoms with Gasteiger partial charge >= 0.3 is 5.95 Å². The van der Waals surface area contributed by atoms with Gasteiger partial charge in [-0.2, -0.15) is 0 Å². The Balaban J connectivity index is 2.32. The van der Waals surface area contributed by atoms with Gasteiger partial charge in [-0.15, -0.1) is 10.2 Å². The molecule has 0 unspecified atom stereocenters. The van der Waals surface area contributed by atoms with Gasteiger partial charge in [-0.3, -0.25) is 0 Å². The number of methoxy groups -OCH3 is 1. The minimum absolute atomic E-state index is 0.235. The van der Waals surface area contributed by atoms with Gasteiger partial charge in [0, 0.05) is 0 Å². The van der Waals surface area contributed by atoms with Crippen molar-refractivity contribution >= 4 is 23.0 Å². The summed E-state index contributed by atoms with van der Waals surface area (Å²) in [4.78, 5) is 0. The van der Waals surface area contributed by atoms with E-state index in [0.29, 0.717) is 22.1 Å². The number of azo groups is 1. The van der Waals surface area contributed by atoms with E-state index in [0.717, 1.165) is 0 Å². The van der Waals surface area contributed by atoms with Crippen LogP contribution in [0.25, 0.3) is 0 Å². The second-order valence-electron chi connectivity index (χ2n) is 3.26. The van der Waals surface area contributed by atoms with Gasteiger partial charge in [-0.05, 0) is 19.1 Å². The van der Waals surface area contributed by atoms with Crippen LogP contribution in [0.3, 0.4) is 0 Å². The molecule has 0 saturated heterocycles. The summed E-state index contributed by atoms with van der Waals surface area (Å²) in [5.74, 6) is 0.235. The number of rotatable bonds is 3. The Morgan fingerprint density at radius 3 is 2.76 bits per heavy atom. The highest BCUT2D eigenvalue weighted by molar-refractivity contribution is 6.32. The zero-order chi connectivity index (χ0) is 12.3. The van der Waals surface area contributed by atoms with Crippen LogP contribution in [-0.4, -0.2) is 12.3 Å². The monoisotopic (exact) mass is 251 g/mol. The molecule has 0 atom stereocenters. The minimum Gasteiger partial charge on any atom is -0.465 e. The third-order valence-corrected chi connectivity index (χ3v) is 2.42. The second kappa shape index (κ2) is 4.97. The van der Waals surface area contributed by atoms with Crippen LogP contribution in [0, 0.1) is 6.92 Å². The summed E-state index contributed by atoms with van der Waals surface area (Å²) in [7, 11) is 1.48. The summed E-state index contributed by atoms with van der Waals surface area (Å²) in [5.41, 5.74) is 1.65. The molecular formula is C11H10ClN3O2. The Labute approximate surface area is 103 Å². The van der Waals surface area contributed by atoms with Crippen molar-refractivity contribution in [1.29, 1.82) is 0 Å². The average Bonchev–Trinajstić information content (AvgIpc) is 2.69. The van der Waals surface area contributed by atoms with Gasteiger partial charge in [0.25, 0.3) is 0 Å². The summed E-state index contributed by atoms with van der Waals surface area (Å²) >= 11 is 5.95. The van der Waals surface area contributed by atoms with Gasteiger partial charge < -0.3 is 9.26 Å². The number of ether oxygens (including phenoxy) is 1. The lowest BCUT2D eigenvalue weighted by atomic mass is 10.3. The molecule has 0 radical (unpaired) electrons.